The zero-order valence-electron chi connectivity index (χ0n) is 46.7. The number of rotatable bonds is 54. The van der Waals surface area contributed by atoms with Crippen molar-refractivity contribution >= 4 is 17.9 Å². The Balaban J connectivity index is 4.20. The van der Waals surface area contributed by atoms with Crippen molar-refractivity contribution in [3.63, 3.8) is 0 Å². The van der Waals surface area contributed by atoms with Crippen molar-refractivity contribution < 1.29 is 28.6 Å². The lowest BCUT2D eigenvalue weighted by molar-refractivity contribution is -0.167. The first-order valence-electron chi connectivity index (χ1n) is 30.1. The summed E-state index contributed by atoms with van der Waals surface area (Å²) in [5.74, 6) is -0.884. The Morgan fingerprint density at radius 1 is 0.296 bits per heavy atom. The topological polar surface area (TPSA) is 78.9 Å². The largest absolute Gasteiger partial charge is 0.462 e. The van der Waals surface area contributed by atoms with Crippen molar-refractivity contribution in [3.8, 4) is 0 Å². The first-order valence-corrected chi connectivity index (χ1v) is 30.1. The summed E-state index contributed by atoms with van der Waals surface area (Å²) >= 11 is 0. The summed E-state index contributed by atoms with van der Waals surface area (Å²) in [4.78, 5) is 38.1. The molecule has 0 aromatic rings. The molecule has 0 saturated heterocycles. The van der Waals surface area contributed by atoms with Crippen LogP contribution in [0.2, 0.25) is 0 Å². The van der Waals surface area contributed by atoms with E-state index in [4.69, 9.17) is 14.2 Å². The molecule has 0 heterocycles. The van der Waals surface area contributed by atoms with Crippen molar-refractivity contribution in [1.82, 2.24) is 0 Å². The smallest absolute Gasteiger partial charge is 0.306 e. The van der Waals surface area contributed by atoms with Gasteiger partial charge in [0.1, 0.15) is 13.2 Å². The molecule has 0 aromatic heterocycles. The Bertz CT molecular complexity index is 1370. The monoisotopic (exact) mass is 989 g/mol. The van der Waals surface area contributed by atoms with E-state index < -0.39 is 6.10 Å². The molecule has 6 heteroatoms. The average molecular weight is 990 g/mol. The highest BCUT2D eigenvalue weighted by Gasteiger charge is 2.19. The third-order valence-electron chi connectivity index (χ3n) is 12.9. The van der Waals surface area contributed by atoms with E-state index in [9.17, 15) is 14.4 Å². The van der Waals surface area contributed by atoms with Crippen LogP contribution >= 0.6 is 0 Å². The molecule has 1 atom stereocenters. The van der Waals surface area contributed by atoms with Crippen LogP contribution in [0.1, 0.15) is 290 Å². The number of esters is 3. The number of allylic oxidation sites excluding steroid dienone is 14. The van der Waals surface area contributed by atoms with E-state index in [2.05, 4.69) is 106 Å². The van der Waals surface area contributed by atoms with Crippen LogP contribution in [0.5, 0.6) is 0 Å². The molecule has 0 rings (SSSR count). The third-order valence-corrected chi connectivity index (χ3v) is 12.9. The maximum absolute atomic E-state index is 12.8. The number of carbonyl (C=O) groups is 3. The van der Waals surface area contributed by atoms with Crippen molar-refractivity contribution in [1.29, 1.82) is 0 Å². The number of unbranched alkanes of at least 4 members (excludes halogenated alkanes) is 29. The van der Waals surface area contributed by atoms with Crippen molar-refractivity contribution in [2.45, 2.75) is 297 Å². The fourth-order valence-corrected chi connectivity index (χ4v) is 8.37. The Morgan fingerprint density at radius 2 is 0.563 bits per heavy atom. The van der Waals surface area contributed by atoms with Crippen LogP contribution in [0.15, 0.2) is 85.1 Å². The van der Waals surface area contributed by atoms with E-state index in [1.165, 1.54) is 148 Å². The summed E-state index contributed by atoms with van der Waals surface area (Å²) in [5, 5.41) is 0. The highest BCUT2D eigenvalue weighted by Crippen LogP contribution is 2.16. The van der Waals surface area contributed by atoms with Crippen LogP contribution in [0, 0.1) is 0 Å². The van der Waals surface area contributed by atoms with Gasteiger partial charge in [-0.05, 0) is 89.9 Å². The van der Waals surface area contributed by atoms with E-state index in [0.717, 1.165) is 103 Å². The Kier molecular flexibility index (Phi) is 56.3. The molecule has 408 valence electrons. The molecule has 0 spiro atoms. The van der Waals surface area contributed by atoms with Crippen LogP contribution in [-0.2, 0) is 28.6 Å². The van der Waals surface area contributed by atoms with Crippen LogP contribution in [0.25, 0.3) is 0 Å². The molecule has 6 nitrogen and oxygen atoms in total. The maximum atomic E-state index is 12.8. The summed E-state index contributed by atoms with van der Waals surface area (Å²) in [6.45, 7) is 6.49. The molecule has 0 aliphatic heterocycles. The summed E-state index contributed by atoms with van der Waals surface area (Å²) < 4.78 is 16.8. The van der Waals surface area contributed by atoms with Gasteiger partial charge in [0.05, 0.1) is 0 Å². The second kappa shape index (κ2) is 59.2. The third kappa shape index (κ3) is 57.4. The van der Waals surface area contributed by atoms with Gasteiger partial charge in [-0.15, -0.1) is 0 Å². The fourth-order valence-electron chi connectivity index (χ4n) is 8.37. The fraction of sp³-hybridized carbons (Fsp3) is 0.738. The van der Waals surface area contributed by atoms with Crippen molar-refractivity contribution in [2.75, 3.05) is 13.2 Å². The molecule has 0 radical (unpaired) electrons. The second-order valence-corrected chi connectivity index (χ2v) is 19.9. The van der Waals surface area contributed by atoms with E-state index in [-0.39, 0.29) is 31.1 Å². The van der Waals surface area contributed by atoms with Gasteiger partial charge in [-0.1, -0.05) is 266 Å². The van der Waals surface area contributed by atoms with Crippen molar-refractivity contribution in [3.05, 3.63) is 85.1 Å². The quantitative estimate of drug-likeness (QED) is 0.0261. The molecular formula is C65H112O6. The summed E-state index contributed by atoms with van der Waals surface area (Å²) in [5.41, 5.74) is 0. The SMILES string of the molecule is CC/C=C\C/C=C\C/C=C\C/C=C\C/C=C\C/C=C\CCCCCCCCCCCCC(=O)OCC(COC(=O)CCCCCCC/C=C\CCCC)OC(=O)CCCCCCCCCCCCCCC. The van der Waals surface area contributed by atoms with Gasteiger partial charge >= 0.3 is 17.9 Å². The van der Waals surface area contributed by atoms with Gasteiger partial charge in [0, 0.05) is 19.3 Å². The lowest BCUT2D eigenvalue weighted by Gasteiger charge is -2.18. The van der Waals surface area contributed by atoms with Crippen LogP contribution in [0.3, 0.4) is 0 Å². The number of carbonyl (C=O) groups excluding carboxylic acids is 3. The first-order chi connectivity index (χ1) is 35.0. The molecule has 71 heavy (non-hydrogen) atoms. The average Bonchev–Trinajstić information content (AvgIpc) is 3.37. The number of ether oxygens (including phenoxy) is 3. The highest BCUT2D eigenvalue weighted by atomic mass is 16.6. The van der Waals surface area contributed by atoms with E-state index >= 15 is 0 Å². The van der Waals surface area contributed by atoms with Gasteiger partial charge in [0.2, 0.25) is 0 Å². The van der Waals surface area contributed by atoms with Gasteiger partial charge in [0.25, 0.3) is 0 Å². The highest BCUT2D eigenvalue weighted by molar-refractivity contribution is 5.71. The van der Waals surface area contributed by atoms with E-state index in [1.807, 2.05) is 0 Å². The van der Waals surface area contributed by atoms with Crippen LogP contribution in [-0.4, -0.2) is 37.2 Å². The summed E-state index contributed by atoms with van der Waals surface area (Å²) in [6.07, 6.45) is 77.3. The van der Waals surface area contributed by atoms with Gasteiger partial charge < -0.3 is 14.2 Å². The standard InChI is InChI=1S/C65H112O6/c1-4-7-10-13-16-19-22-24-25-26-27-28-29-30-31-32-33-34-35-36-37-38-39-41-43-46-49-52-55-58-64(67)70-61-62(60-69-63(66)57-54-51-48-45-42-21-18-15-12-9-6-3)71-65(68)59-56-53-50-47-44-40-23-20-17-14-11-8-5-2/h7,10,15-16,18-19,24-25,27-28,30-31,33-34,62H,4-6,8-9,11-14,17,20-23,26,29,32,35-61H2,1-3H3/b10-7-,18-15-,19-16-,25-24-,28-27-,31-30-,34-33-. The molecule has 0 N–H and O–H groups in total. The number of hydrogen-bond acceptors (Lipinski definition) is 6. The molecule has 0 fully saturated rings. The Morgan fingerprint density at radius 3 is 0.915 bits per heavy atom. The summed E-state index contributed by atoms with van der Waals surface area (Å²) in [6, 6.07) is 0. The van der Waals surface area contributed by atoms with Gasteiger partial charge in [0.15, 0.2) is 6.10 Å². The normalized spacial score (nSPS) is 12.7. The summed E-state index contributed by atoms with van der Waals surface area (Å²) in [7, 11) is 0. The predicted octanol–water partition coefficient (Wildman–Crippen LogP) is 20.3. The molecule has 0 aliphatic rings. The first kappa shape index (κ1) is 67.6. The molecular weight excluding hydrogens is 877 g/mol. The molecule has 0 bridgehead atoms. The van der Waals surface area contributed by atoms with Gasteiger partial charge in [-0.3, -0.25) is 14.4 Å². The van der Waals surface area contributed by atoms with Gasteiger partial charge in [-0.25, -0.2) is 0 Å². The zero-order chi connectivity index (χ0) is 51.4. The number of hydrogen-bond donors (Lipinski definition) is 0. The van der Waals surface area contributed by atoms with Gasteiger partial charge in [-0.2, -0.15) is 0 Å². The van der Waals surface area contributed by atoms with Crippen LogP contribution < -0.4 is 0 Å². The minimum absolute atomic E-state index is 0.0786. The molecule has 0 aromatic carbocycles. The molecule has 0 saturated carbocycles. The molecule has 0 aliphatic carbocycles. The maximum Gasteiger partial charge on any atom is 0.306 e. The molecule has 0 amide bonds. The minimum atomic E-state index is -0.778. The van der Waals surface area contributed by atoms with E-state index in [0.29, 0.717) is 19.3 Å². The molecule has 1 unspecified atom stereocenters. The zero-order valence-corrected chi connectivity index (χ0v) is 46.7. The lowest BCUT2D eigenvalue weighted by Crippen LogP contribution is -2.30. The minimum Gasteiger partial charge on any atom is -0.462 e. The Labute approximate surface area is 439 Å². The lowest BCUT2D eigenvalue weighted by atomic mass is 10.0. The van der Waals surface area contributed by atoms with E-state index in [1.54, 1.807) is 0 Å². The van der Waals surface area contributed by atoms with Crippen LogP contribution in [0.4, 0.5) is 0 Å². The Hall–Kier alpha value is -3.41. The second-order valence-electron chi connectivity index (χ2n) is 19.9. The van der Waals surface area contributed by atoms with Crippen molar-refractivity contribution in [2.24, 2.45) is 0 Å². The predicted molar refractivity (Wildman–Crippen MR) is 307 cm³/mol.